The summed E-state index contributed by atoms with van der Waals surface area (Å²) >= 11 is 0. The molecule has 1 fully saturated rings. The normalized spacial score (nSPS) is 14.9. The van der Waals surface area contributed by atoms with Gasteiger partial charge in [0.2, 0.25) is 0 Å². The van der Waals surface area contributed by atoms with Crippen molar-refractivity contribution in [3.05, 3.63) is 35.4 Å². The van der Waals surface area contributed by atoms with Crippen LogP contribution in [0.2, 0.25) is 0 Å². The van der Waals surface area contributed by atoms with Crippen LogP contribution in [0, 0.1) is 5.92 Å². The summed E-state index contributed by atoms with van der Waals surface area (Å²) in [6, 6.07) is 7.92. The number of benzene rings is 1. The van der Waals surface area contributed by atoms with E-state index in [0.29, 0.717) is 31.2 Å². The molecule has 0 atom stereocenters. The number of carbonyl (C=O) groups excluding carboxylic acids is 2. The van der Waals surface area contributed by atoms with Crippen molar-refractivity contribution in [3.8, 4) is 0 Å². The number of rotatable bonds is 8. The van der Waals surface area contributed by atoms with Gasteiger partial charge < -0.3 is 20.3 Å². The van der Waals surface area contributed by atoms with Gasteiger partial charge in [-0.25, -0.2) is 4.79 Å². The van der Waals surface area contributed by atoms with Gasteiger partial charge in [0, 0.05) is 45.5 Å². The van der Waals surface area contributed by atoms with Crippen LogP contribution in [0.4, 0.5) is 4.79 Å². The van der Waals surface area contributed by atoms with Crippen LogP contribution >= 0.6 is 0 Å². The van der Waals surface area contributed by atoms with Gasteiger partial charge in [-0.05, 0) is 56.2 Å². The number of hydrogen-bond acceptors (Lipinski definition) is 3. The zero-order valence-electron chi connectivity index (χ0n) is 15.9. The number of piperidine rings is 1. The van der Waals surface area contributed by atoms with Crippen molar-refractivity contribution in [2.75, 3.05) is 39.9 Å². The molecule has 0 bridgehead atoms. The Labute approximate surface area is 156 Å². The van der Waals surface area contributed by atoms with Crippen molar-refractivity contribution < 1.29 is 14.3 Å². The summed E-state index contributed by atoms with van der Waals surface area (Å²) in [4.78, 5) is 25.8. The molecule has 1 aromatic rings. The highest BCUT2D eigenvalue weighted by molar-refractivity contribution is 5.94. The fourth-order valence-corrected chi connectivity index (χ4v) is 3.25. The molecule has 1 aliphatic rings. The molecule has 144 valence electrons. The number of hydrogen-bond donors (Lipinski definition) is 2. The smallest absolute Gasteiger partial charge is 0.317 e. The van der Waals surface area contributed by atoms with Crippen molar-refractivity contribution in [2.45, 2.75) is 32.6 Å². The Kier molecular flexibility index (Phi) is 8.41. The molecule has 6 heteroatoms. The first-order valence-corrected chi connectivity index (χ1v) is 9.53. The molecule has 1 aliphatic heterocycles. The highest BCUT2D eigenvalue weighted by Gasteiger charge is 2.22. The molecule has 0 unspecified atom stereocenters. The quantitative estimate of drug-likeness (QED) is 0.699. The van der Waals surface area contributed by atoms with Crippen LogP contribution in [0.3, 0.4) is 0 Å². The van der Waals surface area contributed by atoms with Gasteiger partial charge in [-0.3, -0.25) is 4.79 Å². The molecule has 26 heavy (non-hydrogen) atoms. The highest BCUT2D eigenvalue weighted by atomic mass is 16.5. The van der Waals surface area contributed by atoms with E-state index in [9.17, 15) is 9.59 Å². The Hall–Kier alpha value is -2.08. The molecule has 0 saturated carbocycles. The summed E-state index contributed by atoms with van der Waals surface area (Å²) in [5.41, 5.74) is 1.94. The van der Waals surface area contributed by atoms with Crippen LogP contribution in [0.25, 0.3) is 0 Å². The van der Waals surface area contributed by atoms with Crippen molar-refractivity contribution in [1.82, 2.24) is 15.5 Å². The zero-order valence-corrected chi connectivity index (χ0v) is 15.9. The minimum absolute atomic E-state index is 0.0390. The Bertz CT molecular complexity index is 566. The van der Waals surface area contributed by atoms with E-state index in [2.05, 4.69) is 10.6 Å². The Morgan fingerprint density at radius 3 is 2.46 bits per heavy atom. The first-order chi connectivity index (χ1) is 12.6. The minimum atomic E-state index is -0.0390. The maximum atomic E-state index is 12.1. The Morgan fingerprint density at radius 2 is 1.85 bits per heavy atom. The van der Waals surface area contributed by atoms with Crippen molar-refractivity contribution in [2.24, 2.45) is 5.92 Å². The fourth-order valence-electron chi connectivity index (χ4n) is 3.25. The summed E-state index contributed by atoms with van der Waals surface area (Å²) in [7, 11) is 1.66. The van der Waals surface area contributed by atoms with E-state index < -0.39 is 0 Å². The molecule has 2 rings (SSSR count). The van der Waals surface area contributed by atoms with E-state index in [1.54, 1.807) is 7.11 Å². The largest absolute Gasteiger partial charge is 0.385 e. The zero-order chi connectivity index (χ0) is 18.8. The van der Waals surface area contributed by atoms with Crippen LogP contribution in [0.5, 0.6) is 0 Å². The second kappa shape index (κ2) is 10.8. The lowest BCUT2D eigenvalue weighted by molar-refractivity contribution is 0.0948. The van der Waals surface area contributed by atoms with Crippen LogP contribution < -0.4 is 10.6 Å². The summed E-state index contributed by atoms with van der Waals surface area (Å²) in [6.07, 6.45) is 3.87. The van der Waals surface area contributed by atoms with Crippen LogP contribution in [-0.4, -0.2) is 56.7 Å². The van der Waals surface area contributed by atoms with Gasteiger partial charge in [0.1, 0.15) is 0 Å². The molecule has 2 N–H and O–H groups in total. The third kappa shape index (κ3) is 6.33. The predicted octanol–water partition coefficient (Wildman–Crippen LogP) is 2.44. The average Bonchev–Trinajstić information content (AvgIpc) is 2.66. The molecule has 0 spiro atoms. The molecule has 0 aromatic heterocycles. The lowest BCUT2D eigenvalue weighted by atomic mass is 9.90. The Morgan fingerprint density at radius 1 is 1.15 bits per heavy atom. The van der Waals surface area contributed by atoms with Crippen molar-refractivity contribution >= 4 is 11.9 Å². The monoisotopic (exact) mass is 361 g/mol. The molecular weight excluding hydrogens is 330 g/mol. The first-order valence-electron chi connectivity index (χ1n) is 9.53. The number of carbonyl (C=O) groups is 2. The minimum Gasteiger partial charge on any atom is -0.385 e. The SMILES string of the molecule is CCNC(=O)N1CCC(Cc2ccc(C(=O)NCCCOC)cc2)CC1. The van der Waals surface area contributed by atoms with Gasteiger partial charge in [-0.2, -0.15) is 0 Å². The number of nitrogens with zero attached hydrogens (tertiary/aromatic N) is 1. The molecule has 1 aromatic carbocycles. The first kappa shape index (κ1) is 20.2. The molecular formula is C20H31N3O3. The number of likely N-dealkylation sites (tertiary alicyclic amines) is 1. The molecule has 6 nitrogen and oxygen atoms in total. The number of ether oxygens (including phenoxy) is 1. The topological polar surface area (TPSA) is 70.7 Å². The molecule has 1 saturated heterocycles. The van der Waals surface area contributed by atoms with E-state index in [0.717, 1.165) is 38.8 Å². The van der Waals surface area contributed by atoms with E-state index in [4.69, 9.17) is 4.74 Å². The van der Waals surface area contributed by atoms with Gasteiger partial charge in [0.15, 0.2) is 0 Å². The van der Waals surface area contributed by atoms with Crippen molar-refractivity contribution in [1.29, 1.82) is 0 Å². The van der Waals surface area contributed by atoms with Crippen molar-refractivity contribution in [3.63, 3.8) is 0 Å². The fraction of sp³-hybridized carbons (Fsp3) is 0.600. The van der Waals surface area contributed by atoms with Gasteiger partial charge in [-0.1, -0.05) is 12.1 Å². The maximum absolute atomic E-state index is 12.1. The molecule has 3 amide bonds. The second-order valence-corrected chi connectivity index (χ2v) is 6.77. The standard InChI is InChI=1S/C20H31N3O3/c1-3-21-20(25)23-12-9-17(10-13-23)15-16-5-7-18(8-6-16)19(24)22-11-4-14-26-2/h5-8,17H,3-4,9-15H2,1-2H3,(H,21,25)(H,22,24). The molecule has 1 heterocycles. The highest BCUT2D eigenvalue weighted by Crippen LogP contribution is 2.22. The maximum Gasteiger partial charge on any atom is 0.317 e. The molecule has 0 radical (unpaired) electrons. The lowest BCUT2D eigenvalue weighted by Gasteiger charge is -2.32. The second-order valence-electron chi connectivity index (χ2n) is 6.77. The van der Waals surface area contributed by atoms with E-state index >= 15 is 0 Å². The Balaban J connectivity index is 1.75. The molecule has 0 aliphatic carbocycles. The average molecular weight is 361 g/mol. The van der Waals surface area contributed by atoms with E-state index in [1.165, 1.54) is 5.56 Å². The summed E-state index contributed by atoms with van der Waals surface area (Å²) in [6.45, 7) is 5.52. The number of urea groups is 1. The summed E-state index contributed by atoms with van der Waals surface area (Å²) in [5, 5.41) is 5.76. The third-order valence-electron chi connectivity index (χ3n) is 4.78. The van der Waals surface area contributed by atoms with Crippen LogP contribution in [0.15, 0.2) is 24.3 Å². The lowest BCUT2D eigenvalue weighted by Crippen LogP contribution is -2.44. The van der Waals surface area contributed by atoms with Gasteiger partial charge >= 0.3 is 6.03 Å². The van der Waals surface area contributed by atoms with Gasteiger partial charge in [0.05, 0.1) is 0 Å². The number of nitrogens with one attached hydrogen (secondary N) is 2. The predicted molar refractivity (Wildman–Crippen MR) is 102 cm³/mol. The van der Waals surface area contributed by atoms with Gasteiger partial charge in [-0.15, -0.1) is 0 Å². The number of methoxy groups -OCH3 is 1. The third-order valence-corrected chi connectivity index (χ3v) is 4.78. The summed E-state index contributed by atoms with van der Waals surface area (Å²) in [5.74, 6) is 0.553. The van der Waals surface area contributed by atoms with E-state index in [-0.39, 0.29) is 11.9 Å². The van der Waals surface area contributed by atoms with E-state index in [1.807, 2.05) is 36.1 Å². The van der Waals surface area contributed by atoms with Crippen LogP contribution in [-0.2, 0) is 11.2 Å². The summed E-state index contributed by atoms with van der Waals surface area (Å²) < 4.78 is 4.97. The van der Waals surface area contributed by atoms with Gasteiger partial charge in [0.25, 0.3) is 5.91 Å². The number of amides is 3. The van der Waals surface area contributed by atoms with Crippen LogP contribution in [0.1, 0.15) is 42.1 Å².